The fraction of sp³-hybridized carbons (Fsp3) is 0.474. The fourth-order valence-electron chi connectivity index (χ4n) is 2.40. The van der Waals surface area contributed by atoms with E-state index >= 15 is 0 Å². The van der Waals surface area contributed by atoms with Gasteiger partial charge in [0.2, 0.25) is 11.8 Å². The predicted molar refractivity (Wildman–Crippen MR) is 102 cm³/mol. The number of carbonyl (C=O) groups is 2. The van der Waals surface area contributed by atoms with E-state index in [0.717, 1.165) is 29.7 Å². The fourth-order valence-corrected chi connectivity index (χ4v) is 2.40. The molecule has 25 heavy (non-hydrogen) atoms. The Morgan fingerprint density at radius 2 is 1.88 bits per heavy atom. The molecule has 2 rings (SSSR count). The number of nitrogens with zero attached hydrogens (tertiary/aromatic N) is 2. The first-order valence-corrected chi connectivity index (χ1v) is 8.48. The zero-order valence-corrected chi connectivity index (χ0v) is 15.7. The van der Waals surface area contributed by atoms with Crippen LogP contribution >= 0.6 is 0 Å². The summed E-state index contributed by atoms with van der Waals surface area (Å²) in [7, 11) is 4.09. The number of carbonyl (C=O) groups excluding carboxylic acids is 2. The van der Waals surface area contributed by atoms with Gasteiger partial charge in [-0.25, -0.2) is 0 Å². The van der Waals surface area contributed by atoms with Crippen molar-refractivity contribution in [3.05, 3.63) is 30.5 Å². The highest BCUT2D eigenvalue weighted by molar-refractivity contribution is 5.97. The van der Waals surface area contributed by atoms with Crippen LogP contribution in [-0.2, 0) is 16.1 Å². The van der Waals surface area contributed by atoms with E-state index in [1.165, 1.54) is 0 Å². The number of aromatic nitrogens is 1. The number of anilines is 1. The van der Waals surface area contributed by atoms with Crippen molar-refractivity contribution in [3.63, 3.8) is 0 Å². The van der Waals surface area contributed by atoms with Crippen molar-refractivity contribution in [1.29, 1.82) is 0 Å². The van der Waals surface area contributed by atoms with Crippen molar-refractivity contribution in [2.24, 2.45) is 5.41 Å². The molecule has 0 aliphatic heterocycles. The Hall–Kier alpha value is -2.34. The molecule has 0 atom stereocenters. The molecule has 2 amide bonds. The molecule has 0 fully saturated rings. The van der Waals surface area contributed by atoms with Gasteiger partial charge in [0.15, 0.2) is 0 Å². The van der Waals surface area contributed by atoms with Crippen LogP contribution < -0.4 is 10.6 Å². The topological polar surface area (TPSA) is 66.4 Å². The molecular weight excluding hydrogens is 316 g/mol. The van der Waals surface area contributed by atoms with Crippen LogP contribution in [0.4, 0.5) is 5.69 Å². The van der Waals surface area contributed by atoms with Crippen LogP contribution in [0.5, 0.6) is 0 Å². The molecule has 2 aromatic rings. The van der Waals surface area contributed by atoms with E-state index in [-0.39, 0.29) is 18.4 Å². The van der Waals surface area contributed by atoms with Crippen LogP contribution in [0.15, 0.2) is 30.5 Å². The van der Waals surface area contributed by atoms with Gasteiger partial charge in [0, 0.05) is 30.4 Å². The number of hydrogen-bond acceptors (Lipinski definition) is 3. The van der Waals surface area contributed by atoms with Gasteiger partial charge in [-0.2, -0.15) is 0 Å². The normalized spacial score (nSPS) is 11.8. The Bertz CT molecular complexity index is 756. The molecule has 1 heterocycles. The first-order valence-electron chi connectivity index (χ1n) is 8.48. The van der Waals surface area contributed by atoms with E-state index in [1.54, 1.807) is 0 Å². The number of hydrogen-bond donors (Lipinski definition) is 2. The molecule has 0 saturated carbocycles. The average Bonchev–Trinajstić information content (AvgIpc) is 2.92. The lowest BCUT2D eigenvalue weighted by Gasteiger charge is -2.17. The van der Waals surface area contributed by atoms with E-state index in [0.29, 0.717) is 0 Å². The highest BCUT2D eigenvalue weighted by atomic mass is 16.2. The quantitative estimate of drug-likeness (QED) is 0.845. The Balaban J connectivity index is 2.02. The number of rotatable bonds is 6. The van der Waals surface area contributed by atoms with Gasteiger partial charge in [-0.1, -0.05) is 26.8 Å². The van der Waals surface area contributed by atoms with Gasteiger partial charge in [-0.05, 0) is 37.7 Å². The summed E-state index contributed by atoms with van der Waals surface area (Å²) >= 11 is 0. The molecule has 0 radical (unpaired) electrons. The summed E-state index contributed by atoms with van der Waals surface area (Å²) in [4.78, 5) is 26.0. The van der Waals surface area contributed by atoms with E-state index in [9.17, 15) is 9.59 Å². The van der Waals surface area contributed by atoms with Crippen molar-refractivity contribution in [2.45, 2.75) is 27.3 Å². The number of likely N-dealkylation sites (N-methyl/N-ethyl adjacent to an activating group) is 1. The van der Waals surface area contributed by atoms with Gasteiger partial charge in [-0.3, -0.25) is 9.59 Å². The third-order valence-corrected chi connectivity index (χ3v) is 3.94. The SMILES string of the molecule is CN(C)CCn1ccc2ccc(NC(=O)CNC(=O)C(C)(C)C)cc21. The van der Waals surface area contributed by atoms with E-state index in [2.05, 4.69) is 32.4 Å². The smallest absolute Gasteiger partial charge is 0.243 e. The Kier molecular flexibility index (Phi) is 5.85. The second-order valence-corrected chi connectivity index (χ2v) is 7.57. The van der Waals surface area contributed by atoms with Crippen molar-refractivity contribution in [1.82, 2.24) is 14.8 Å². The molecule has 0 aliphatic carbocycles. The standard InChI is InChI=1S/C19H28N4O2/c1-19(2,3)18(25)20-13-17(24)21-15-7-6-14-8-9-23(16(14)12-15)11-10-22(4)5/h6-9,12H,10-11,13H2,1-5H3,(H,20,25)(H,21,24). The number of benzene rings is 1. The lowest BCUT2D eigenvalue weighted by atomic mass is 9.96. The van der Waals surface area contributed by atoms with Gasteiger partial charge >= 0.3 is 0 Å². The minimum atomic E-state index is -0.507. The summed E-state index contributed by atoms with van der Waals surface area (Å²) in [6.07, 6.45) is 2.06. The van der Waals surface area contributed by atoms with Gasteiger partial charge in [-0.15, -0.1) is 0 Å². The maximum Gasteiger partial charge on any atom is 0.243 e. The molecule has 0 saturated heterocycles. The minimum absolute atomic E-state index is 0.0320. The summed E-state index contributed by atoms with van der Waals surface area (Å²) in [5.74, 6) is -0.376. The number of nitrogens with one attached hydrogen (secondary N) is 2. The van der Waals surface area contributed by atoms with E-state index < -0.39 is 5.41 Å². The largest absolute Gasteiger partial charge is 0.347 e. The number of amides is 2. The molecule has 136 valence electrons. The highest BCUT2D eigenvalue weighted by Crippen LogP contribution is 2.20. The Morgan fingerprint density at radius 3 is 2.52 bits per heavy atom. The minimum Gasteiger partial charge on any atom is -0.347 e. The number of fused-ring (bicyclic) bond motifs is 1. The van der Waals surface area contributed by atoms with E-state index in [4.69, 9.17) is 0 Å². The molecule has 1 aromatic carbocycles. The first-order chi connectivity index (χ1) is 11.7. The van der Waals surface area contributed by atoms with Crippen LogP contribution in [0.25, 0.3) is 10.9 Å². The van der Waals surface area contributed by atoms with Crippen molar-refractivity contribution < 1.29 is 9.59 Å². The van der Waals surface area contributed by atoms with Crippen LogP contribution in [-0.4, -0.2) is 48.5 Å². The van der Waals surface area contributed by atoms with Gasteiger partial charge in [0.1, 0.15) is 0 Å². The Morgan fingerprint density at radius 1 is 1.16 bits per heavy atom. The van der Waals surface area contributed by atoms with E-state index in [1.807, 2.05) is 53.1 Å². The second kappa shape index (κ2) is 7.70. The van der Waals surface area contributed by atoms with Crippen LogP contribution in [0.2, 0.25) is 0 Å². The molecule has 1 aromatic heterocycles. The summed E-state index contributed by atoms with van der Waals surface area (Å²) in [5.41, 5.74) is 1.30. The summed E-state index contributed by atoms with van der Waals surface area (Å²) in [5, 5.41) is 6.64. The molecule has 2 N–H and O–H groups in total. The summed E-state index contributed by atoms with van der Waals surface area (Å²) < 4.78 is 2.17. The zero-order chi connectivity index (χ0) is 18.6. The van der Waals surface area contributed by atoms with Gasteiger partial charge in [0.25, 0.3) is 0 Å². The zero-order valence-electron chi connectivity index (χ0n) is 15.7. The molecule has 6 nitrogen and oxygen atoms in total. The lowest BCUT2D eigenvalue weighted by Crippen LogP contribution is -2.39. The monoisotopic (exact) mass is 344 g/mol. The summed E-state index contributed by atoms with van der Waals surface area (Å²) in [6.45, 7) is 7.24. The molecular formula is C19H28N4O2. The van der Waals surface area contributed by atoms with Gasteiger partial charge < -0.3 is 20.1 Å². The molecule has 6 heteroatoms. The molecule has 0 spiro atoms. The molecule has 0 aliphatic rings. The highest BCUT2D eigenvalue weighted by Gasteiger charge is 2.21. The maximum atomic E-state index is 12.1. The lowest BCUT2D eigenvalue weighted by molar-refractivity contribution is -0.130. The molecule has 0 bridgehead atoms. The van der Waals surface area contributed by atoms with Crippen LogP contribution in [0, 0.1) is 5.41 Å². The third-order valence-electron chi connectivity index (χ3n) is 3.94. The predicted octanol–water partition coefficient (Wildman–Crippen LogP) is 2.30. The maximum absolute atomic E-state index is 12.1. The molecule has 0 unspecified atom stereocenters. The van der Waals surface area contributed by atoms with Crippen molar-refractivity contribution in [3.8, 4) is 0 Å². The third kappa shape index (κ3) is 5.32. The van der Waals surface area contributed by atoms with Crippen molar-refractivity contribution in [2.75, 3.05) is 32.5 Å². The van der Waals surface area contributed by atoms with Crippen LogP contribution in [0.1, 0.15) is 20.8 Å². The summed E-state index contributed by atoms with van der Waals surface area (Å²) in [6, 6.07) is 7.90. The van der Waals surface area contributed by atoms with Crippen molar-refractivity contribution >= 4 is 28.4 Å². The first kappa shape index (κ1) is 19.0. The average molecular weight is 344 g/mol. The van der Waals surface area contributed by atoms with Crippen LogP contribution in [0.3, 0.4) is 0 Å². The Labute approximate surface area is 149 Å². The van der Waals surface area contributed by atoms with Gasteiger partial charge in [0.05, 0.1) is 12.1 Å². The second-order valence-electron chi connectivity index (χ2n) is 7.57.